The minimum absolute atomic E-state index is 0.0989. The molecule has 0 amide bonds. The van der Waals surface area contributed by atoms with Gasteiger partial charge in [0.25, 0.3) is 5.56 Å². The third kappa shape index (κ3) is 3.09. The smallest absolute Gasteiger partial charge is 0.259 e. The number of aryl methyl sites for hydroxylation is 1. The number of aliphatic hydroxyl groups is 1. The monoisotopic (exact) mass is 426 g/mol. The second-order valence-electron chi connectivity index (χ2n) is 7.41. The van der Waals surface area contributed by atoms with Crippen LogP contribution in [0.25, 0.3) is 21.2 Å². The molecule has 1 fully saturated rings. The van der Waals surface area contributed by atoms with Gasteiger partial charge in [-0.25, -0.2) is 13.8 Å². The average Bonchev–Trinajstić information content (AvgIpc) is 3.28. The van der Waals surface area contributed by atoms with Crippen LogP contribution >= 0.6 is 11.3 Å². The maximum Gasteiger partial charge on any atom is 0.259 e. The fourth-order valence-corrected chi connectivity index (χ4v) is 4.34. The number of hydrogen-bond acceptors (Lipinski definition) is 5. The fourth-order valence-electron chi connectivity index (χ4n) is 3.43. The molecule has 1 N–H and O–H groups in total. The van der Waals surface area contributed by atoms with Crippen LogP contribution in [0.4, 0.5) is 8.78 Å². The molecule has 1 aliphatic carbocycles. The summed E-state index contributed by atoms with van der Waals surface area (Å²) in [5.41, 5.74) is 0.754. The van der Waals surface area contributed by atoms with E-state index in [9.17, 15) is 18.7 Å². The number of pyridine rings is 2. The molecule has 3 heterocycles. The highest BCUT2D eigenvalue weighted by molar-refractivity contribution is 7.17. The van der Waals surface area contributed by atoms with E-state index in [0.29, 0.717) is 34.9 Å². The van der Waals surface area contributed by atoms with Crippen LogP contribution < -0.4 is 10.3 Å². The molecule has 152 valence electrons. The van der Waals surface area contributed by atoms with Crippen LogP contribution in [0, 0.1) is 11.6 Å². The summed E-state index contributed by atoms with van der Waals surface area (Å²) in [5, 5.41) is 12.9. The van der Waals surface area contributed by atoms with Crippen molar-refractivity contribution < 1.29 is 18.6 Å². The van der Waals surface area contributed by atoms with Gasteiger partial charge in [-0.15, -0.1) is 11.3 Å². The lowest BCUT2D eigenvalue weighted by molar-refractivity contribution is 0.151. The van der Waals surface area contributed by atoms with Gasteiger partial charge in [0.05, 0.1) is 11.0 Å². The minimum Gasteiger partial charge on any atom is -0.435 e. The van der Waals surface area contributed by atoms with Crippen molar-refractivity contribution in [3.8, 4) is 22.8 Å². The van der Waals surface area contributed by atoms with E-state index in [1.807, 2.05) is 5.38 Å². The van der Waals surface area contributed by atoms with E-state index in [0.717, 1.165) is 16.8 Å². The summed E-state index contributed by atoms with van der Waals surface area (Å²) in [7, 11) is 1.65. The van der Waals surface area contributed by atoms with E-state index in [2.05, 4.69) is 4.98 Å². The van der Waals surface area contributed by atoms with Crippen LogP contribution in [0.3, 0.4) is 0 Å². The Labute approximate surface area is 173 Å². The highest BCUT2D eigenvalue weighted by Gasteiger charge is 2.43. The molecule has 1 aromatic carbocycles. The molecular formula is C22H16F2N2O3S. The molecule has 0 atom stereocenters. The zero-order valence-electron chi connectivity index (χ0n) is 15.9. The van der Waals surface area contributed by atoms with Gasteiger partial charge in [0.1, 0.15) is 5.82 Å². The van der Waals surface area contributed by atoms with Gasteiger partial charge in [0.15, 0.2) is 11.6 Å². The van der Waals surface area contributed by atoms with Crippen LogP contribution in [-0.4, -0.2) is 14.7 Å². The van der Waals surface area contributed by atoms with E-state index < -0.39 is 17.2 Å². The number of fused-ring (bicyclic) bond motifs is 1. The molecule has 0 unspecified atom stereocenters. The lowest BCUT2D eigenvalue weighted by Gasteiger charge is -2.16. The number of hydrogen-bond donors (Lipinski definition) is 1. The zero-order chi connectivity index (χ0) is 21.0. The van der Waals surface area contributed by atoms with E-state index >= 15 is 0 Å². The Kier molecular flexibility index (Phi) is 4.23. The Morgan fingerprint density at radius 2 is 2.00 bits per heavy atom. The molecule has 0 aliphatic heterocycles. The molecule has 1 saturated carbocycles. The maximum atomic E-state index is 14.2. The summed E-state index contributed by atoms with van der Waals surface area (Å²) in [6, 6.07) is 6.54. The van der Waals surface area contributed by atoms with Crippen molar-refractivity contribution in [3.05, 3.63) is 75.7 Å². The first-order valence-corrected chi connectivity index (χ1v) is 10.2. The van der Waals surface area contributed by atoms with E-state index in [1.54, 1.807) is 25.4 Å². The van der Waals surface area contributed by atoms with Gasteiger partial charge in [-0.05, 0) is 42.5 Å². The molecule has 30 heavy (non-hydrogen) atoms. The van der Waals surface area contributed by atoms with Crippen LogP contribution in [0.5, 0.6) is 11.6 Å². The number of nitrogens with zero attached hydrogens (tertiary/aromatic N) is 2. The SMILES string of the molecule is Cn1cc(-c2cc(C3(O)CC3)cnc2Oc2ccc(F)cc2F)c2sccc2c1=O. The number of aromatic nitrogens is 2. The second kappa shape index (κ2) is 6.72. The zero-order valence-corrected chi connectivity index (χ0v) is 16.7. The van der Waals surface area contributed by atoms with Crippen molar-refractivity contribution in [1.29, 1.82) is 0 Å². The Morgan fingerprint density at radius 1 is 1.20 bits per heavy atom. The Hall–Kier alpha value is -3.10. The van der Waals surface area contributed by atoms with Crippen LogP contribution in [0.1, 0.15) is 18.4 Å². The van der Waals surface area contributed by atoms with Gasteiger partial charge >= 0.3 is 0 Å². The highest BCUT2D eigenvalue weighted by atomic mass is 32.1. The normalized spacial score (nSPS) is 14.8. The Morgan fingerprint density at radius 3 is 2.73 bits per heavy atom. The first-order chi connectivity index (χ1) is 14.4. The van der Waals surface area contributed by atoms with Crippen molar-refractivity contribution in [1.82, 2.24) is 9.55 Å². The molecule has 5 rings (SSSR count). The first kappa shape index (κ1) is 18.9. The summed E-state index contributed by atoms with van der Waals surface area (Å²) in [6.07, 6.45) is 4.43. The summed E-state index contributed by atoms with van der Waals surface area (Å²) in [6.45, 7) is 0. The van der Waals surface area contributed by atoms with Crippen LogP contribution in [0.2, 0.25) is 0 Å². The third-order valence-electron chi connectivity index (χ3n) is 5.29. The fraction of sp³-hybridized carbons (Fsp3) is 0.182. The van der Waals surface area contributed by atoms with Crippen molar-refractivity contribution >= 4 is 21.4 Å². The minimum atomic E-state index is -0.934. The van der Waals surface area contributed by atoms with Crippen LogP contribution in [-0.2, 0) is 12.6 Å². The number of benzene rings is 1. The van der Waals surface area contributed by atoms with Gasteiger partial charge in [-0.1, -0.05) is 0 Å². The Balaban J connectivity index is 1.72. The second-order valence-corrected chi connectivity index (χ2v) is 8.32. The van der Waals surface area contributed by atoms with Gasteiger partial charge in [-0.3, -0.25) is 4.79 Å². The van der Waals surface area contributed by atoms with Crippen molar-refractivity contribution in [2.45, 2.75) is 18.4 Å². The molecule has 4 aromatic rings. The van der Waals surface area contributed by atoms with E-state index in [1.165, 1.54) is 28.2 Å². The third-order valence-corrected chi connectivity index (χ3v) is 6.23. The molecule has 8 heteroatoms. The molecule has 0 radical (unpaired) electrons. The highest BCUT2D eigenvalue weighted by Crippen LogP contribution is 2.47. The summed E-state index contributed by atoms with van der Waals surface area (Å²) >= 11 is 1.40. The molecule has 0 saturated heterocycles. The summed E-state index contributed by atoms with van der Waals surface area (Å²) < 4.78 is 35.4. The quantitative estimate of drug-likeness (QED) is 0.513. The number of ether oxygens (including phenoxy) is 1. The van der Waals surface area contributed by atoms with Gasteiger partial charge in [0.2, 0.25) is 5.88 Å². The predicted octanol–water partition coefficient (Wildman–Crippen LogP) is 4.71. The standard InChI is InChI=1S/C22H16F2N2O3S/c1-26-11-16(19-14(21(26)27)4-7-30-19)15-8-12(22(28)5-6-22)10-25-20(15)29-18-3-2-13(23)9-17(18)24/h2-4,7-11,28H,5-6H2,1H3. The number of halogens is 2. The molecule has 5 nitrogen and oxygen atoms in total. The summed E-state index contributed by atoms with van der Waals surface area (Å²) in [4.78, 5) is 16.8. The molecule has 1 aliphatic rings. The number of thiophene rings is 1. The predicted molar refractivity (Wildman–Crippen MR) is 110 cm³/mol. The van der Waals surface area contributed by atoms with E-state index in [-0.39, 0.29) is 17.2 Å². The van der Waals surface area contributed by atoms with Gasteiger partial charge < -0.3 is 14.4 Å². The average molecular weight is 426 g/mol. The molecular weight excluding hydrogens is 410 g/mol. The largest absolute Gasteiger partial charge is 0.435 e. The van der Waals surface area contributed by atoms with Crippen molar-refractivity contribution in [2.24, 2.45) is 7.05 Å². The Bertz CT molecular complexity index is 1360. The molecule has 0 bridgehead atoms. The lowest BCUT2D eigenvalue weighted by Crippen LogP contribution is -2.15. The number of rotatable bonds is 4. The van der Waals surface area contributed by atoms with Crippen molar-refractivity contribution in [2.75, 3.05) is 0 Å². The topological polar surface area (TPSA) is 64.3 Å². The van der Waals surface area contributed by atoms with Crippen molar-refractivity contribution in [3.63, 3.8) is 0 Å². The lowest BCUT2D eigenvalue weighted by atomic mass is 10.0. The first-order valence-electron chi connectivity index (χ1n) is 9.29. The molecule has 0 spiro atoms. The molecule has 3 aromatic heterocycles. The van der Waals surface area contributed by atoms with E-state index in [4.69, 9.17) is 4.74 Å². The maximum absolute atomic E-state index is 14.2. The van der Waals surface area contributed by atoms with Gasteiger partial charge in [0, 0.05) is 46.9 Å². The van der Waals surface area contributed by atoms with Crippen LogP contribution in [0.15, 0.2) is 52.9 Å². The summed E-state index contributed by atoms with van der Waals surface area (Å²) in [5.74, 6) is -1.63. The van der Waals surface area contributed by atoms with Gasteiger partial charge in [-0.2, -0.15) is 0 Å².